The number of halogens is 1. The van der Waals surface area contributed by atoms with Gasteiger partial charge in [0.15, 0.2) is 0 Å². The molecule has 4 nitrogen and oxygen atoms in total. The van der Waals surface area contributed by atoms with Crippen molar-refractivity contribution in [1.82, 2.24) is 0 Å². The number of methoxy groups -OCH3 is 1. The average molecular weight is 307 g/mol. The van der Waals surface area contributed by atoms with Gasteiger partial charge in [-0.3, -0.25) is 0 Å². The Labute approximate surface area is 125 Å². The Morgan fingerprint density at radius 1 is 1.33 bits per heavy atom. The number of carboxylic acids is 1. The molecule has 0 aliphatic carbocycles. The number of hydrogen-bond donors (Lipinski definition) is 2. The maximum Gasteiger partial charge on any atom is 0.335 e. The third-order valence-electron chi connectivity index (χ3n) is 2.86. The van der Waals surface area contributed by atoms with Gasteiger partial charge in [-0.2, -0.15) is 0 Å². The van der Waals surface area contributed by atoms with E-state index in [1.165, 1.54) is 37.1 Å². The van der Waals surface area contributed by atoms with Crippen LogP contribution < -0.4 is 10.5 Å². The van der Waals surface area contributed by atoms with Crippen LogP contribution in [0.5, 0.6) is 5.75 Å². The predicted octanol–water partition coefficient (Wildman–Crippen LogP) is 3.41. The van der Waals surface area contributed by atoms with Gasteiger partial charge < -0.3 is 15.6 Å². The van der Waals surface area contributed by atoms with Crippen molar-refractivity contribution in [3.8, 4) is 5.75 Å². The summed E-state index contributed by atoms with van der Waals surface area (Å²) >= 11 is 1.35. The largest absolute Gasteiger partial charge is 0.496 e. The monoisotopic (exact) mass is 307 g/mol. The van der Waals surface area contributed by atoms with E-state index in [0.717, 1.165) is 4.90 Å². The third-order valence-corrected chi connectivity index (χ3v) is 3.97. The van der Waals surface area contributed by atoms with Gasteiger partial charge in [-0.05, 0) is 35.9 Å². The van der Waals surface area contributed by atoms with Gasteiger partial charge in [-0.25, -0.2) is 9.18 Å². The molecule has 0 saturated carbocycles. The molecule has 0 aliphatic heterocycles. The second-order valence-corrected chi connectivity index (χ2v) is 5.33. The lowest BCUT2D eigenvalue weighted by Gasteiger charge is -2.09. The van der Waals surface area contributed by atoms with Crippen LogP contribution in [0.2, 0.25) is 0 Å². The van der Waals surface area contributed by atoms with Crippen molar-refractivity contribution < 1.29 is 19.0 Å². The van der Waals surface area contributed by atoms with Gasteiger partial charge in [0.1, 0.15) is 11.6 Å². The summed E-state index contributed by atoms with van der Waals surface area (Å²) in [5.74, 6) is -0.601. The molecule has 2 aromatic carbocycles. The van der Waals surface area contributed by atoms with Crippen molar-refractivity contribution in [1.29, 1.82) is 0 Å². The molecule has 0 spiro atoms. The van der Waals surface area contributed by atoms with E-state index in [2.05, 4.69) is 0 Å². The van der Waals surface area contributed by atoms with Gasteiger partial charge in [-0.15, -0.1) is 11.8 Å². The number of anilines is 1. The highest BCUT2D eigenvalue weighted by atomic mass is 32.2. The second kappa shape index (κ2) is 6.49. The van der Waals surface area contributed by atoms with Crippen LogP contribution in [0.25, 0.3) is 0 Å². The molecule has 2 aromatic rings. The molecule has 0 aliphatic rings. The Kier molecular flexibility index (Phi) is 4.70. The minimum absolute atomic E-state index is 0.0660. The molecule has 0 bridgehead atoms. The van der Waals surface area contributed by atoms with Gasteiger partial charge in [0, 0.05) is 22.4 Å². The molecule has 0 heterocycles. The van der Waals surface area contributed by atoms with E-state index in [1.54, 1.807) is 18.2 Å². The Bertz CT molecular complexity index is 676. The first-order valence-electron chi connectivity index (χ1n) is 6.09. The van der Waals surface area contributed by atoms with Gasteiger partial charge in [0.25, 0.3) is 0 Å². The average Bonchev–Trinajstić information content (AvgIpc) is 2.47. The number of ether oxygens (including phenoxy) is 1. The summed E-state index contributed by atoms with van der Waals surface area (Å²) in [5.41, 5.74) is 6.65. The van der Waals surface area contributed by atoms with Gasteiger partial charge >= 0.3 is 5.97 Å². The minimum Gasteiger partial charge on any atom is -0.496 e. The molecule has 110 valence electrons. The van der Waals surface area contributed by atoms with Crippen molar-refractivity contribution in [2.45, 2.75) is 10.6 Å². The molecule has 21 heavy (non-hydrogen) atoms. The fourth-order valence-corrected chi connectivity index (χ4v) is 2.76. The van der Waals surface area contributed by atoms with Crippen LogP contribution in [0.4, 0.5) is 10.1 Å². The quantitative estimate of drug-likeness (QED) is 0.654. The number of nitrogens with two attached hydrogens (primary N) is 1. The topological polar surface area (TPSA) is 72.5 Å². The third kappa shape index (κ3) is 3.66. The molecule has 2 rings (SSSR count). The molecule has 0 fully saturated rings. The molecular formula is C15H14FNO3S. The summed E-state index contributed by atoms with van der Waals surface area (Å²) in [5, 5.41) is 8.93. The normalized spacial score (nSPS) is 10.4. The number of benzene rings is 2. The number of hydrogen-bond acceptors (Lipinski definition) is 4. The van der Waals surface area contributed by atoms with E-state index < -0.39 is 11.8 Å². The smallest absolute Gasteiger partial charge is 0.335 e. The van der Waals surface area contributed by atoms with Crippen molar-refractivity contribution in [3.63, 3.8) is 0 Å². The van der Waals surface area contributed by atoms with Crippen LogP contribution in [-0.2, 0) is 5.75 Å². The molecule has 0 radical (unpaired) electrons. The highest BCUT2D eigenvalue weighted by molar-refractivity contribution is 7.98. The van der Waals surface area contributed by atoms with E-state index in [1.807, 2.05) is 0 Å². The van der Waals surface area contributed by atoms with Crippen molar-refractivity contribution >= 4 is 23.4 Å². The number of thioether (sulfide) groups is 1. The maximum absolute atomic E-state index is 13.7. The lowest BCUT2D eigenvalue weighted by Crippen LogP contribution is -1.99. The van der Waals surface area contributed by atoms with Crippen LogP contribution in [0, 0.1) is 5.82 Å². The van der Waals surface area contributed by atoms with Crippen LogP contribution >= 0.6 is 11.8 Å². The zero-order chi connectivity index (χ0) is 15.4. The van der Waals surface area contributed by atoms with Gasteiger partial charge in [0.2, 0.25) is 0 Å². The predicted molar refractivity (Wildman–Crippen MR) is 80.3 cm³/mol. The van der Waals surface area contributed by atoms with Crippen LogP contribution in [0.3, 0.4) is 0 Å². The molecule has 6 heteroatoms. The summed E-state index contributed by atoms with van der Waals surface area (Å²) in [6.45, 7) is 0. The van der Waals surface area contributed by atoms with Gasteiger partial charge in [0.05, 0.1) is 12.7 Å². The summed E-state index contributed by atoms with van der Waals surface area (Å²) in [4.78, 5) is 11.7. The maximum atomic E-state index is 13.7. The zero-order valence-corrected chi connectivity index (χ0v) is 12.1. The Hall–Kier alpha value is -2.21. The van der Waals surface area contributed by atoms with Crippen molar-refractivity contribution in [3.05, 3.63) is 53.3 Å². The first kappa shape index (κ1) is 15.2. The number of carbonyl (C=O) groups is 1. The fourth-order valence-electron chi connectivity index (χ4n) is 1.78. The lowest BCUT2D eigenvalue weighted by molar-refractivity contribution is 0.0696. The van der Waals surface area contributed by atoms with E-state index in [9.17, 15) is 9.18 Å². The number of carboxylic acid groups (broad SMARTS) is 1. The molecule has 0 amide bonds. The van der Waals surface area contributed by atoms with Crippen LogP contribution in [-0.4, -0.2) is 18.2 Å². The molecule has 0 aromatic heterocycles. The minimum atomic E-state index is -1.08. The molecule has 0 atom stereocenters. The number of nitrogen functional groups attached to an aromatic ring is 1. The standard InChI is InChI=1S/C15H14FNO3S/c1-20-13-7-11(17)3-5-14(13)21-8-10-6-9(15(18)19)2-4-12(10)16/h2-7H,8,17H2,1H3,(H,18,19). The van der Waals surface area contributed by atoms with Crippen LogP contribution in [0.1, 0.15) is 15.9 Å². The second-order valence-electron chi connectivity index (χ2n) is 4.31. The summed E-state index contributed by atoms with van der Waals surface area (Å²) in [6, 6.07) is 8.96. The molecule has 3 N–H and O–H groups in total. The van der Waals surface area contributed by atoms with Crippen molar-refractivity contribution in [2.24, 2.45) is 0 Å². The Morgan fingerprint density at radius 3 is 2.76 bits per heavy atom. The Morgan fingerprint density at radius 2 is 2.10 bits per heavy atom. The lowest BCUT2D eigenvalue weighted by atomic mass is 10.1. The molecule has 0 unspecified atom stereocenters. The van der Waals surface area contributed by atoms with Crippen LogP contribution in [0.15, 0.2) is 41.3 Å². The SMILES string of the molecule is COc1cc(N)ccc1SCc1cc(C(=O)O)ccc1F. The highest BCUT2D eigenvalue weighted by Crippen LogP contribution is 2.33. The van der Waals surface area contributed by atoms with Crippen molar-refractivity contribution in [2.75, 3.05) is 12.8 Å². The first-order valence-corrected chi connectivity index (χ1v) is 7.08. The molecule has 0 saturated heterocycles. The van der Waals surface area contributed by atoms with E-state index in [4.69, 9.17) is 15.6 Å². The van der Waals surface area contributed by atoms with Gasteiger partial charge in [-0.1, -0.05) is 0 Å². The van der Waals surface area contributed by atoms with E-state index in [-0.39, 0.29) is 5.56 Å². The Balaban J connectivity index is 2.20. The first-order chi connectivity index (χ1) is 10.0. The highest BCUT2D eigenvalue weighted by Gasteiger charge is 2.10. The van der Waals surface area contributed by atoms with E-state index >= 15 is 0 Å². The summed E-state index contributed by atoms with van der Waals surface area (Å²) in [6.07, 6.45) is 0. The zero-order valence-electron chi connectivity index (χ0n) is 11.3. The summed E-state index contributed by atoms with van der Waals surface area (Å²) in [7, 11) is 1.53. The fraction of sp³-hybridized carbons (Fsp3) is 0.133. The van der Waals surface area contributed by atoms with E-state index in [0.29, 0.717) is 22.8 Å². The number of rotatable bonds is 5. The summed E-state index contributed by atoms with van der Waals surface area (Å²) < 4.78 is 18.9. The molecular weight excluding hydrogens is 293 g/mol. The number of aromatic carboxylic acids is 1.